The van der Waals surface area contributed by atoms with Gasteiger partial charge in [-0.2, -0.15) is 0 Å². The van der Waals surface area contributed by atoms with Crippen molar-refractivity contribution in [2.24, 2.45) is 0 Å². The molecule has 0 aliphatic rings. The van der Waals surface area contributed by atoms with Gasteiger partial charge in [-0.25, -0.2) is 13.8 Å². The van der Waals surface area contributed by atoms with Crippen molar-refractivity contribution < 1.29 is 18.3 Å². The quantitative estimate of drug-likeness (QED) is 0.318. The van der Waals surface area contributed by atoms with Crippen molar-refractivity contribution in [3.63, 3.8) is 0 Å². The maximum atomic E-state index is 14.1. The van der Waals surface area contributed by atoms with Gasteiger partial charge in [0.2, 0.25) is 5.91 Å². The van der Waals surface area contributed by atoms with Gasteiger partial charge < -0.3 is 14.6 Å². The van der Waals surface area contributed by atoms with Crippen molar-refractivity contribution in [2.75, 3.05) is 13.0 Å². The Hall–Kier alpha value is -3.19. The van der Waals surface area contributed by atoms with E-state index in [9.17, 15) is 13.6 Å². The molecule has 1 N–H and O–H groups in total. The van der Waals surface area contributed by atoms with E-state index in [2.05, 4.69) is 10.3 Å². The van der Waals surface area contributed by atoms with E-state index in [4.69, 9.17) is 16.3 Å². The van der Waals surface area contributed by atoms with Gasteiger partial charge in [0.15, 0.2) is 0 Å². The van der Waals surface area contributed by atoms with Crippen LogP contribution in [-0.2, 0) is 4.79 Å². The third kappa shape index (κ3) is 6.20. The van der Waals surface area contributed by atoms with Gasteiger partial charge in [-0.05, 0) is 68.7 Å². The number of amides is 1. The van der Waals surface area contributed by atoms with Gasteiger partial charge in [-0.1, -0.05) is 6.07 Å². The number of hydrogen-bond acceptors (Lipinski definition) is 3. The molecule has 3 rings (SSSR count). The third-order valence-corrected chi connectivity index (χ3v) is 5.45. The summed E-state index contributed by atoms with van der Waals surface area (Å²) >= 11 is 5.85. The molecule has 1 heterocycles. The molecule has 1 amide bonds. The third-order valence-electron chi connectivity index (χ3n) is 5.18. The van der Waals surface area contributed by atoms with Crippen molar-refractivity contribution >= 4 is 23.6 Å². The van der Waals surface area contributed by atoms with Gasteiger partial charge in [-0.15, -0.1) is 11.6 Å². The zero-order chi connectivity index (χ0) is 24.0. The standard InChI is InChI=1S/C25H26ClF2N3O2/c1-16-14-31(15-29-16)23-9-6-18(12-24(23)33-3)11-19(5-4-10-26)25(32)30-17(2)21-13-20(27)7-8-22(21)28/h6-9,11-15,17H,4-5,10H2,1-3H3,(H,30,32). The van der Waals surface area contributed by atoms with E-state index >= 15 is 0 Å². The van der Waals surface area contributed by atoms with Crippen LogP contribution in [0.15, 0.2) is 54.5 Å². The Balaban J connectivity index is 1.87. The number of methoxy groups -OCH3 is 1. The highest BCUT2D eigenvalue weighted by atomic mass is 35.5. The highest BCUT2D eigenvalue weighted by molar-refractivity contribution is 6.17. The van der Waals surface area contributed by atoms with E-state index in [1.807, 2.05) is 35.9 Å². The van der Waals surface area contributed by atoms with Crippen molar-refractivity contribution in [1.82, 2.24) is 14.9 Å². The first-order chi connectivity index (χ1) is 15.8. The minimum atomic E-state index is -0.714. The van der Waals surface area contributed by atoms with Crippen LogP contribution in [0.4, 0.5) is 8.78 Å². The molecule has 0 saturated carbocycles. The van der Waals surface area contributed by atoms with Gasteiger partial charge in [0.25, 0.3) is 0 Å². The molecule has 0 aliphatic carbocycles. The number of aryl methyl sites for hydroxylation is 1. The summed E-state index contributed by atoms with van der Waals surface area (Å²) in [6.07, 6.45) is 6.36. The number of hydrogen-bond donors (Lipinski definition) is 1. The molecule has 33 heavy (non-hydrogen) atoms. The predicted octanol–water partition coefficient (Wildman–Crippen LogP) is 5.75. The summed E-state index contributed by atoms with van der Waals surface area (Å²) in [5.41, 5.74) is 3.02. The van der Waals surface area contributed by atoms with Crippen molar-refractivity contribution in [3.05, 3.63) is 83.0 Å². The SMILES string of the molecule is COc1cc(C=C(CCCCl)C(=O)NC(C)c2cc(F)ccc2F)ccc1-n1cnc(C)c1. The fourth-order valence-electron chi connectivity index (χ4n) is 3.47. The average Bonchev–Trinajstić information content (AvgIpc) is 3.23. The molecule has 3 aromatic rings. The lowest BCUT2D eigenvalue weighted by Crippen LogP contribution is -2.28. The summed E-state index contributed by atoms with van der Waals surface area (Å²) in [7, 11) is 1.58. The van der Waals surface area contributed by atoms with Crippen LogP contribution in [0, 0.1) is 18.6 Å². The second-order valence-corrected chi connectivity index (χ2v) is 8.05. The van der Waals surface area contributed by atoms with E-state index < -0.39 is 17.7 Å². The van der Waals surface area contributed by atoms with Crippen LogP contribution in [0.2, 0.25) is 0 Å². The van der Waals surface area contributed by atoms with Gasteiger partial charge in [0.1, 0.15) is 17.4 Å². The van der Waals surface area contributed by atoms with E-state index in [0.717, 1.165) is 35.1 Å². The normalized spacial score (nSPS) is 12.5. The van der Waals surface area contributed by atoms with Crippen LogP contribution in [0.3, 0.4) is 0 Å². The lowest BCUT2D eigenvalue weighted by Gasteiger charge is -2.17. The summed E-state index contributed by atoms with van der Waals surface area (Å²) in [4.78, 5) is 17.2. The molecule has 2 aromatic carbocycles. The molecule has 0 aliphatic heterocycles. The van der Waals surface area contributed by atoms with Crippen LogP contribution >= 0.6 is 11.6 Å². The number of alkyl halides is 1. The van der Waals surface area contributed by atoms with E-state index in [1.165, 1.54) is 0 Å². The molecule has 0 bridgehead atoms. The Labute approximate surface area is 197 Å². The predicted molar refractivity (Wildman–Crippen MR) is 126 cm³/mol. The minimum absolute atomic E-state index is 0.0849. The second kappa shape index (κ2) is 11.1. The molecule has 1 aromatic heterocycles. The number of halogens is 3. The number of carbonyl (C=O) groups excluding carboxylic acids is 1. The summed E-state index contributed by atoms with van der Waals surface area (Å²) in [5.74, 6) is -0.504. The van der Waals surface area contributed by atoms with E-state index in [-0.39, 0.29) is 11.5 Å². The van der Waals surface area contributed by atoms with Crippen LogP contribution in [0.1, 0.15) is 42.6 Å². The molecule has 1 atom stereocenters. The van der Waals surface area contributed by atoms with Crippen molar-refractivity contribution in [1.29, 1.82) is 0 Å². The van der Waals surface area contributed by atoms with Gasteiger partial charge in [0, 0.05) is 23.2 Å². The molecule has 5 nitrogen and oxygen atoms in total. The topological polar surface area (TPSA) is 56.1 Å². The van der Waals surface area contributed by atoms with Crippen LogP contribution < -0.4 is 10.1 Å². The molecule has 0 radical (unpaired) electrons. The van der Waals surface area contributed by atoms with E-state index in [1.54, 1.807) is 26.4 Å². The molecular weight excluding hydrogens is 448 g/mol. The lowest BCUT2D eigenvalue weighted by molar-refractivity contribution is -0.118. The highest BCUT2D eigenvalue weighted by Crippen LogP contribution is 2.27. The Kier molecular flexibility index (Phi) is 8.22. The van der Waals surface area contributed by atoms with Crippen LogP contribution in [-0.4, -0.2) is 28.4 Å². The first-order valence-corrected chi connectivity index (χ1v) is 11.1. The molecular formula is C25H26ClF2N3O2. The van der Waals surface area contributed by atoms with Crippen molar-refractivity contribution in [3.8, 4) is 11.4 Å². The first kappa shape index (κ1) is 24.5. The van der Waals surface area contributed by atoms with Gasteiger partial charge in [0.05, 0.1) is 30.9 Å². The highest BCUT2D eigenvalue weighted by Gasteiger charge is 2.18. The number of rotatable bonds is 9. The maximum absolute atomic E-state index is 14.1. The number of benzene rings is 2. The average molecular weight is 474 g/mol. The fraction of sp³-hybridized carbons (Fsp3) is 0.280. The molecule has 1 unspecified atom stereocenters. The fourth-order valence-corrected chi connectivity index (χ4v) is 3.61. The summed E-state index contributed by atoms with van der Waals surface area (Å²) < 4.78 is 35.1. The smallest absolute Gasteiger partial charge is 0.247 e. The maximum Gasteiger partial charge on any atom is 0.247 e. The minimum Gasteiger partial charge on any atom is -0.495 e. The number of nitrogens with zero attached hydrogens (tertiary/aromatic N) is 2. The lowest BCUT2D eigenvalue weighted by atomic mass is 10.0. The molecule has 0 saturated heterocycles. The second-order valence-electron chi connectivity index (χ2n) is 7.68. The monoisotopic (exact) mass is 473 g/mol. The molecule has 0 fully saturated rings. The van der Waals surface area contributed by atoms with Gasteiger partial charge >= 0.3 is 0 Å². The largest absolute Gasteiger partial charge is 0.495 e. The zero-order valence-corrected chi connectivity index (χ0v) is 19.5. The summed E-state index contributed by atoms with van der Waals surface area (Å²) in [5, 5.41) is 2.76. The molecule has 8 heteroatoms. The number of carbonyl (C=O) groups is 1. The number of ether oxygens (including phenoxy) is 1. The Bertz CT molecular complexity index is 1160. The van der Waals surface area contributed by atoms with Crippen LogP contribution in [0.5, 0.6) is 5.75 Å². The van der Waals surface area contributed by atoms with E-state index in [0.29, 0.717) is 30.0 Å². The Morgan fingerprint density at radius 2 is 2.06 bits per heavy atom. The number of aromatic nitrogens is 2. The van der Waals surface area contributed by atoms with Crippen molar-refractivity contribution in [2.45, 2.75) is 32.7 Å². The van der Waals surface area contributed by atoms with Gasteiger partial charge in [-0.3, -0.25) is 4.79 Å². The number of nitrogens with one attached hydrogen (secondary N) is 1. The molecule has 174 valence electrons. The van der Waals surface area contributed by atoms with Crippen LogP contribution in [0.25, 0.3) is 11.8 Å². The summed E-state index contributed by atoms with van der Waals surface area (Å²) in [6, 6.07) is 8.05. The Morgan fingerprint density at radius 1 is 1.27 bits per heavy atom. The Morgan fingerprint density at radius 3 is 2.73 bits per heavy atom. The zero-order valence-electron chi connectivity index (χ0n) is 18.7. The first-order valence-electron chi connectivity index (χ1n) is 10.5. The number of imidazole rings is 1. The molecule has 0 spiro atoms. The summed E-state index contributed by atoms with van der Waals surface area (Å²) in [6.45, 7) is 3.51.